The van der Waals surface area contributed by atoms with Crippen molar-refractivity contribution < 1.29 is 22.7 Å². The van der Waals surface area contributed by atoms with Crippen molar-refractivity contribution in [3.63, 3.8) is 0 Å². The van der Waals surface area contributed by atoms with Crippen LogP contribution in [0.15, 0.2) is 91.4 Å². The van der Waals surface area contributed by atoms with Crippen LogP contribution in [0, 0.1) is 14.9 Å². The standard InChI is InChI=1S/C29H20ClIN2O5/c1-2-34-25-14-19(13-22(31)27(25)37-17-18-7-9-20(30)10-8-18)16-33-29-21(15-32)26(23-5-3-11-35-23)28(38-29)24-6-4-12-36-24/h3-14,16H,2,17H2,1H3. The molecule has 0 fully saturated rings. The summed E-state index contributed by atoms with van der Waals surface area (Å²) in [6.07, 6.45) is 4.68. The van der Waals surface area contributed by atoms with Gasteiger partial charge >= 0.3 is 0 Å². The Morgan fingerprint density at radius 2 is 1.76 bits per heavy atom. The number of furan rings is 3. The zero-order chi connectivity index (χ0) is 26.5. The Morgan fingerprint density at radius 1 is 1.03 bits per heavy atom. The SMILES string of the molecule is CCOc1cc(C=Nc2oc(-c3ccco3)c(-c3ccco3)c2C#N)cc(I)c1OCc1ccc(Cl)cc1. The molecule has 7 nitrogen and oxygen atoms in total. The van der Waals surface area contributed by atoms with E-state index in [1.54, 1.807) is 30.5 Å². The lowest BCUT2D eigenvalue weighted by Gasteiger charge is -2.14. The molecule has 0 N–H and O–H groups in total. The van der Waals surface area contributed by atoms with Crippen molar-refractivity contribution in [1.82, 2.24) is 0 Å². The highest BCUT2D eigenvalue weighted by Gasteiger charge is 2.26. The minimum Gasteiger partial charge on any atom is -0.490 e. The number of ether oxygens (including phenoxy) is 2. The third kappa shape index (κ3) is 5.49. The average molecular weight is 639 g/mol. The molecule has 0 unspecified atom stereocenters. The minimum absolute atomic E-state index is 0.140. The molecule has 190 valence electrons. The van der Waals surface area contributed by atoms with Gasteiger partial charge in [-0.05, 0) is 89.2 Å². The minimum atomic E-state index is 0.140. The van der Waals surface area contributed by atoms with Crippen LogP contribution in [0.25, 0.3) is 22.8 Å². The van der Waals surface area contributed by atoms with Gasteiger partial charge in [-0.1, -0.05) is 23.7 Å². The molecule has 0 aliphatic heterocycles. The third-order valence-corrected chi connectivity index (χ3v) is 6.53. The van der Waals surface area contributed by atoms with E-state index >= 15 is 0 Å². The summed E-state index contributed by atoms with van der Waals surface area (Å²) in [5.41, 5.74) is 2.45. The van der Waals surface area contributed by atoms with Crippen LogP contribution in [0.3, 0.4) is 0 Å². The van der Waals surface area contributed by atoms with Gasteiger partial charge in [0.2, 0.25) is 5.88 Å². The van der Waals surface area contributed by atoms with Crippen molar-refractivity contribution in [2.75, 3.05) is 6.61 Å². The van der Waals surface area contributed by atoms with Crippen LogP contribution in [-0.4, -0.2) is 12.8 Å². The van der Waals surface area contributed by atoms with E-state index in [1.165, 1.54) is 12.5 Å². The fraction of sp³-hybridized carbons (Fsp3) is 0.103. The van der Waals surface area contributed by atoms with Gasteiger partial charge in [0.15, 0.2) is 23.0 Å². The van der Waals surface area contributed by atoms with Crippen molar-refractivity contribution >= 4 is 46.3 Å². The maximum atomic E-state index is 9.97. The summed E-state index contributed by atoms with van der Waals surface area (Å²) in [7, 11) is 0. The molecule has 5 aromatic rings. The van der Waals surface area contributed by atoms with Gasteiger partial charge in [-0.3, -0.25) is 0 Å². The van der Waals surface area contributed by atoms with Crippen LogP contribution >= 0.6 is 34.2 Å². The molecule has 3 aromatic heterocycles. The molecular weight excluding hydrogens is 619 g/mol. The molecule has 0 spiro atoms. The number of rotatable bonds is 9. The summed E-state index contributed by atoms with van der Waals surface area (Å²) in [6.45, 7) is 2.73. The van der Waals surface area contributed by atoms with Crippen LogP contribution in [0.4, 0.5) is 5.88 Å². The number of nitriles is 1. The molecule has 38 heavy (non-hydrogen) atoms. The maximum absolute atomic E-state index is 9.97. The Labute approximate surface area is 237 Å². The second-order valence-corrected chi connectivity index (χ2v) is 9.59. The number of aliphatic imine (C=N–C) groups is 1. The van der Waals surface area contributed by atoms with Crippen LogP contribution in [0.2, 0.25) is 5.02 Å². The lowest BCUT2D eigenvalue weighted by Crippen LogP contribution is -2.02. The van der Waals surface area contributed by atoms with Crippen LogP contribution in [0.1, 0.15) is 23.6 Å². The van der Waals surface area contributed by atoms with Crippen molar-refractivity contribution in [3.05, 3.63) is 98.5 Å². The van der Waals surface area contributed by atoms with Crippen LogP contribution < -0.4 is 9.47 Å². The highest BCUT2D eigenvalue weighted by Crippen LogP contribution is 2.43. The second-order valence-electron chi connectivity index (χ2n) is 7.99. The molecule has 9 heteroatoms. The lowest BCUT2D eigenvalue weighted by molar-refractivity contribution is 0.267. The summed E-state index contributed by atoms with van der Waals surface area (Å²) in [5, 5.41) is 10.6. The number of hydrogen-bond acceptors (Lipinski definition) is 7. The fourth-order valence-electron chi connectivity index (χ4n) is 3.79. The first kappa shape index (κ1) is 25.7. The van der Waals surface area contributed by atoms with Gasteiger partial charge < -0.3 is 22.7 Å². The van der Waals surface area contributed by atoms with E-state index < -0.39 is 0 Å². The van der Waals surface area contributed by atoms with Gasteiger partial charge in [0.05, 0.1) is 28.3 Å². The van der Waals surface area contributed by atoms with E-state index in [1.807, 2.05) is 43.3 Å². The molecular formula is C29H20ClIN2O5. The summed E-state index contributed by atoms with van der Waals surface area (Å²) in [5.74, 6) is 2.67. The number of hydrogen-bond donors (Lipinski definition) is 0. The normalized spacial score (nSPS) is 11.1. The first-order valence-corrected chi connectivity index (χ1v) is 13.0. The molecule has 0 radical (unpaired) electrons. The summed E-state index contributed by atoms with van der Waals surface area (Å²) >= 11 is 8.19. The number of halogens is 2. The fourth-order valence-corrected chi connectivity index (χ4v) is 4.69. The zero-order valence-corrected chi connectivity index (χ0v) is 23.0. The van der Waals surface area contributed by atoms with Gasteiger partial charge in [-0.15, -0.1) is 0 Å². The highest BCUT2D eigenvalue weighted by molar-refractivity contribution is 14.1. The molecule has 3 heterocycles. The molecule has 0 saturated carbocycles. The monoisotopic (exact) mass is 638 g/mol. The second kappa shape index (κ2) is 11.6. The predicted octanol–water partition coefficient (Wildman–Crippen LogP) is 8.66. The van der Waals surface area contributed by atoms with E-state index in [9.17, 15) is 5.26 Å². The number of benzene rings is 2. The Bertz CT molecular complexity index is 1600. The molecule has 0 aliphatic rings. The topological polar surface area (TPSA) is 94.0 Å². The number of nitrogens with zero attached hydrogens (tertiary/aromatic N) is 2. The van der Waals surface area contributed by atoms with Crippen molar-refractivity contribution in [3.8, 4) is 40.4 Å². The van der Waals surface area contributed by atoms with Gasteiger partial charge in [0.1, 0.15) is 24.0 Å². The molecule has 0 saturated heterocycles. The van der Waals surface area contributed by atoms with Crippen molar-refractivity contribution in [2.24, 2.45) is 4.99 Å². The first-order chi connectivity index (χ1) is 18.6. The highest BCUT2D eigenvalue weighted by atomic mass is 127. The van der Waals surface area contributed by atoms with Gasteiger partial charge in [0, 0.05) is 11.2 Å². The Balaban J connectivity index is 1.48. The first-order valence-electron chi connectivity index (χ1n) is 11.6. The lowest BCUT2D eigenvalue weighted by atomic mass is 10.1. The van der Waals surface area contributed by atoms with Crippen molar-refractivity contribution in [1.29, 1.82) is 5.26 Å². The molecule has 0 aliphatic carbocycles. The average Bonchev–Trinajstić information content (AvgIpc) is 3.69. The predicted molar refractivity (Wildman–Crippen MR) is 152 cm³/mol. The Morgan fingerprint density at radius 3 is 2.42 bits per heavy atom. The molecule has 0 bridgehead atoms. The molecule has 0 amide bonds. The largest absolute Gasteiger partial charge is 0.490 e. The van der Waals surface area contributed by atoms with E-state index in [-0.39, 0.29) is 11.4 Å². The summed E-state index contributed by atoms with van der Waals surface area (Å²) in [6, 6.07) is 20.4. The molecule has 0 atom stereocenters. The zero-order valence-electron chi connectivity index (χ0n) is 20.1. The third-order valence-electron chi connectivity index (χ3n) is 5.47. The summed E-state index contributed by atoms with van der Waals surface area (Å²) in [4.78, 5) is 4.51. The Hall–Kier alpha value is -3.94. The Kier molecular flexibility index (Phi) is 7.86. The van der Waals surface area contributed by atoms with Crippen LogP contribution in [0.5, 0.6) is 11.5 Å². The molecule has 2 aromatic carbocycles. The van der Waals surface area contributed by atoms with Gasteiger partial charge in [-0.2, -0.15) is 5.26 Å². The van der Waals surface area contributed by atoms with Gasteiger partial charge in [0.25, 0.3) is 0 Å². The molecule has 5 rings (SSSR count). The van der Waals surface area contributed by atoms with E-state index in [4.69, 9.17) is 34.3 Å². The van der Waals surface area contributed by atoms with Crippen molar-refractivity contribution in [2.45, 2.75) is 13.5 Å². The van der Waals surface area contributed by atoms with Crippen LogP contribution in [-0.2, 0) is 6.61 Å². The van der Waals surface area contributed by atoms with Gasteiger partial charge in [-0.25, -0.2) is 4.99 Å². The quantitative estimate of drug-likeness (QED) is 0.118. The van der Waals surface area contributed by atoms with E-state index in [2.05, 4.69) is 33.7 Å². The van der Waals surface area contributed by atoms with E-state index in [0.717, 1.165) is 14.7 Å². The maximum Gasteiger partial charge on any atom is 0.238 e. The van der Waals surface area contributed by atoms with E-state index in [0.29, 0.717) is 52.6 Å². The smallest absolute Gasteiger partial charge is 0.238 e. The summed E-state index contributed by atoms with van der Waals surface area (Å²) < 4.78 is 29.9.